The average molecular weight is 380 g/mol. The molecule has 0 aliphatic heterocycles. The first kappa shape index (κ1) is 19.6. The summed E-state index contributed by atoms with van der Waals surface area (Å²) in [6.45, 7) is 0. The second-order valence-corrected chi connectivity index (χ2v) is 5.12. The fraction of sp³-hybridized carbons (Fsp3) is 0.188. The van der Waals surface area contributed by atoms with Crippen molar-refractivity contribution in [2.75, 3.05) is 0 Å². The van der Waals surface area contributed by atoms with Crippen LogP contribution in [0.5, 0.6) is 5.75 Å². The molecule has 0 aliphatic rings. The summed E-state index contributed by atoms with van der Waals surface area (Å²) in [5.41, 5.74) is -2.06. The van der Waals surface area contributed by atoms with Crippen molar-refractivity contribution >= 4 is 5.97 Å². The van der Waals surface area contributed by atoms with Gasteiger partial charge in [-0.1, -0.05) is 18.2 Å². The lowest BCUT2D eigenvalue weighted by atomic mass is 9.94. The summed E-state index contributed by atoms with van der Waals surface area (Å²) in [5, 5.41) is 18.6. The quantitative estimate of drug-likeness (QED) is 0.773. The lowest BCUT2D eigenvalue weighted by Crippen LogP contribution is -2.17. The summed E-state index contributed by atoms with van der Waals surface area (Å²) < 4.78 is 79.2. The summed E-state index contributed by atoms with van der Waals surface area (Å²) >= 11 is 0. The van der Waals surface area contributed by atoms with E-state index >= 15 is 0 Å². The predicted octanol–water partition coefficient (Wildman–Crippen LogP) is 4.39. The Kier molecular flexibility index (Phi) is 5.17. The molecule has 10 heteroatoms. The Morgan fingerprint density at radius 3 is 2.19 bits per heavy atom. The van der Waals surface area contributed by atoms with Gasteiger partial charge in [0, 0.05) is 5.56 Å². The molecule has 2 N–H and O–H groups in total. The molecule has 0 amide bonds. The number of hydrogen-bond acceptors (Lipinski definition) is 3. The van der Waals surface area contributed by atoms with E-state index < -0.39 is 41.5 Å². The number of benzene rings is 2. The van der Waals surface area contributed by atoms with Crippen LogP contribution in [0.25, 0.3) is 11.1 Å². The lowest BCUT2D eigenvalue weighted by molar-refractivity contribution is -0.274. The Labute approximate surface area is 142 Å². The number of carboxylic acids is 1. The average Bonchev–Trinajstić information content (AvgIpc) is 2.51. The van der Waals surface area contributed by atoms with Crippen molar-refractivity contribution in [3.05, 3.63) is 53.6 Å². The van der Waals surface area contributed by atoms with E-state index in [-0.39, 0.29) is 11.1 Å². The summed E-state index contributed by atoms with van der Waals surface area (Å²) in [5.74, 6) is -2.46. The maximum Gasteiger partial charge on any atom is 0.573 e. The molecule has 2 aromatic rings. The number of rotatable bonds is 4. The highest BCUT2D eigenvalue weighted by Gasteiger charge is 2.33. The molecule has 0 radical (unpaired) electrons. The van der Waals surface area contributed by atoms with Crippen molar-refractivity contribution in [1.29, 1.82) is 0 Å². The number of alkyl halides is 6. The van der Waals surface area contributed by atoms with Crippen molar-refractivity contribution in [3.8, 4) is 16.9 Å². The van der Waals surface area contributed by atoms with Crippen LogP contribution in [0, 0.1) is 0 Å². The van der Waals surface area contributed by atoms with Crippen LogP contribution in [0.1, 0.15) is 17.2 Å². The first-order chi connectivity index (χ1) is 11.9. The minimum absolute atomic E-state index is 0.0595. The van der Waals surface area contributed by atoms with Gasteiger partial charge in [0.05, 0.1) is 5.56 Å². The van der Waals surface area contributed by atoms with Crippen molar-refractivity contribution in [3.63, 3.8) is 0 Å². The number of carboxylic acid groups (broad SMARTS) is 1. The third kappa shape index (κ3) is 4.66. The summed E-state index contributed by atoms with van der Waals surface area (Å²) in [6, 6.07) is 6.16. The van der Waals surface area contributed by atoms with Crippen LogP contribution >= 0.6 is 0 Å². The standard InChI is InChI=1S/C16H10F6O4/c17-15(18,19)9-4-5-11(12(7-9)13(23)14(24)25)8-2-1-3-10(6-8)26-16(20,21)22/h1-7,13,23H,(H,24,25). The summed E-state index contributed by atoms with van der Waals surface area (Å²) in [7, 11) is 0. The van der Waals surface area contributed by atoms with E-state index in [1.54, 1.807) is 0 Å². The smallest absolute Gasteiger partial charge is 0.479 e. The zero-order chi connectivity index (χ0) is 19.7. The van der Waals surface area contributed by atoms with E-state index in [4.69, 9.17) is 5.11 Å². The number of hydrogen-bond donors (Lipinski definition) is 2. The molecular formula is C16H10F6O4. The number of carbonyl (C=O) groups is 1. The molecule has 4 nitrogen and oxygen atoms in total. The van der Waals surface area contributed by atoms with Gasteiger partial charge in [-0.2, -0.15) is 13.2 Å². The zero-order valence-electron chi connectivity index (χ0n) is 12.6. The van der Waals surface area contributed by atoms with E-state index in [0.717, 1.165) is 24.3 Å². The van der Waals surface area contributed by atoms with Gasteiger partial charge in [0.2, 0.25) is 0 Å². The predicted molar refractivity (Wildman–Crippen MR) is 76.2 cm³/mol. The van der Waals surface area contributed by atoms with Crippen molar-refractivity contribution in [2.24, 2.45) is 0 Å². The lowest BCUT2D eigenvalue weighted by Gasteiger charge is -2.17. The Morgan fingerprint density at radius 1 is 1.00 bits per heavy atom. The molecule has 0 heterocycles. The molecule has 2 aromatic carbocycles. The Morgan fingerprint density at radius 2 is 1.65 bits per heavy atom. The molecule has 1 unspecified atom stereocenters. The van der Waals surface area contributed by atoms with Crippen LogP contribution in [0.3, 0.4) is 0 Å². The molecule has 0 spiro atoms. The molecule has 26 heavy (non-hydrogen) atoms. The molecule has 0 aromatic heterocycles. The molecular weight excluding hydrogens is 370 g/mol. The van der Waals surface area contributed by atoms with Gasteiger partial charge in [0.25, 0.3) is 0 Å². The second-order valence-electron chi connectivity index (χ2n) is 5.12. The molecule has 0 bridgehead atoms. The second kappa shape index (κ2) is 6.87. The fourth-order valence-electron chi connectivity index (χ4n) is 2.22. The van der Waals surface area contributed by atoms with Crippen LogP contribution in [-0.4, -0.2) is 22.5 Å². The molecule has 0 saturated carbocycles. The van der Waals surface area contributed by atoms with Crippen LogP contribution in [0.15, 0.2) is 42.5 Å². The topological polar surface area (TPSA) is 66.8 Å². The maximum absolute atomic E-state index is 12.8. The van der Waals surface area contributed by atoms with Gasteiger partial charge in [-0.25, -0.2) is 4.79 Å². The molecule has 0 fully saturated rings. The third-order valence-corrected chi connectivity index (χ3v) is 3.29. The number of aliphatic hydroxyl groups excluding tert-OH is 1. The van der Waals surface area contributed by atoms with E-state index in [1.165, 1.54) is 6.07 Å². The molecule has 2 rings (SSSR count). The SMILES string of the molecule is O=C(O)C(O)c1cc(C(F)(F)F)ccc1-c1cccc(OC(F)(F)F)c1. The third-order valence-electron chi connectivity index (χ3n) is 3.29. The van der Waals surface area contributed by atoms with Gasteiger partial charge in [-0.3, -0.25) is 0 Å². The van der Waals surface area contributed by atoms with Gasteiger partial charge in [0.1, 0.15) is 5.75 Å². The Hall–Kier alpha value is -2.75. The normalized spacial score (nSPS) is 13.3. The van der Waals surface area contributed by atoms with Crippen LogP contribution in [0.4, 0.5) is 26.3 Å². The fourth-order valence-corrected chi connectivity index (χ4v) is 2.22. The zero-order valence-corrected chi connectivity index (χ0v) is 12.6. The number of ether oxygens (including phenoxy) is 1. The molecule has 140 valence electrons. The van der Waals surface area contributed by atoms with Crippen LogP contribution in [0.2, 0.25) is 0 Å². The monoisotopic (exact) mass is 380 g/mol. The first-order valence-corrected chi connectivity index (χ1v) is 6.86. The number of aliphatic carboxylic acids is 1. The van der Waals surface area contributed by atoms with Crippen molar-refractivity contribution in [2.45, 2.75) is 18.6 Å². The van der Waals surface area contributed by atoms with Gasteiger partial charge in [0.15, 0.2) is 6.10 Å². The van der Waals surface area contributed by atoms with Crippen molar-refractivity contribution in [1.82, 2.24) is 0 Å². The van der Waals surface area contributed by atoms with E-state index in [9.17, 15) is 36.2 Å². The Balaban J connectivity index is 2.58. The minimum Gasteiger partial charge on any atom is -0.479 e. The number of halogens is 6. The first-order valence-electron chi connectivity index (χ1n) is 6.86. The molecule has 1 atom stereocenters. The van der Waals surface area contributed by atoms with Crippen LogP contribution < -0.4 is 4.74 Å². The Bertz CT molecular complexity index is 813. The van der Waals surface area contributed by atoms with E-state index in [0.29, 0.717) is 12.1 Å². The van der Waals surface area contributed by atoms with Gasteiger partial charge < -0.3 is 14.9 Å². The van der Waals surface area contributed by atoms with E-state index in [2.05, 4.69) is 4.74 Å². The van der Waals surface area contributed by atoms with E-state index in [1.807, 2.05) is 0 Å². The summed E-state index contributed by atoms with van der Waals surface area (Å²) in [4.78, 5) is 11.0. The number of aliphatic hydroxyl groups is 1. The van der Waals surface area contributed by atoms with Crippen LogP contribution in [-0.2, 0) is 11.0 Å². The molecule has 0 aliphatic carbocycles. The van der Waals surface area contributed by atoms with Gasteiger partial charge >= 0.3 is 18.5 Å². The highest BCUT2D eigenvalue weighted by molar-refractivity contribution is 5.80. The highest BCUT2D eigenvalue weighted by Crippen LogP contribution is 2.37. The molecule has 0 saturated heterocycles. The largest absolute Gasteiger partial charge is 0.573 e. The van der Waals surface area contributed by atoms with Gasteiger partial charge in [-0.05, 0) is 35.4 Å². The van der Waals surface area contributed by atoms with Crippen molar-refractivity contribution < 1.29 is 46.1 Å². The summed E-state index contributed by atoms with van der Waals surface area (Å²) in [6.07, 6.45) is -12.1. The highest BCUT2D eigenvalue weighted by atomic mass is 19.4. The maximum atomic E-state index is 12.8. The van der Waals surface area contributed by atoms with Gasteiger partial charge in [-0.15, -0.1) is 13.2 Å². The minimum atomic E-state index is -4.98.